The molecule has 0 bridgehead atoms. The maximum Gasteiger partial charge on any atom is 0.303 e. The minimum absolute atomic E-state index is 0.0862. The monoisotopic (exact) mass is 539 g/mol. The smallest absolute Gasteiger partial charge is 0.303 e. The largest absolute Gasteiger partial charge is 0.493 e. The minimum Gasteiger partial charge on any atom is -0.493 e. The molecule has 3 aromatic rings. The van der Waals surface area contributed by atoms with Gasteiger partial charge in [-0.05, 0) is 59.7 Å². The zero-order valence-corrected chi connectivity index (χ0v) is 22.9. The Kier molecular flexibility index (Phi) is 10.4. The Morgan fingerprint density at radius 1 is 1.00 bits per heavy atom. The molecule has 0 aliphatic carbocycles. The highest BCUT2D eigenvalue weighted by Crippen LogP contribution is 2.41. The molecule has 0 heterocycles. The van der Waals surface area contributed by atoms with Crippen LogP contribution in [0.3, 0.4) is 0 Å². The molecule has 0 saturated heterocycles. The Balaban J connectivity index is 1.93. The van der Waals surface area contributed by atoms with Gasteiger partial charge in [0.25, 0.3) is 5.91 Å². The van der Waals surface area contributed by atoms with Crippen molar-refractivity contribution in [3.8, 4) is 17.2 Å². The summed E-state index contributed by atoms with van der Waals surface area (Å²) in [6.45, 7) is 4.39. The Morgan fingerprint density at radius 2 is 1.74 bits per heavy atom. The van der Waals surface area contributed by atoms with Gasteiger partial charge in [-0.2, -0.15) is 0 Å². The molecule has 0 aliphatic heterocycles. The fourth-order valence-corrected chi connectivity index (χ4v) is 4.58. The minimum atomic E-state index is -0.928. The van der Waals surface area contributed by atoms with Gasteiger partial charge < -0.3 is 24.6 Å². The second-order valence-corrected chi connectivity index (χ2v) is 9.72. The van der Waals surface area contributed by atoms with Crippen LogP contribution in [0.25, 0.3) is 0 Å². The fraction of sp³-hybridized carbons (Fsp3) is 0.333. The van der Waals surface area contributed by atoms with Crippen molar-refractivity contribution >= 4 is 23.5 Å². The van der Waals surface area contributed by atoms with Gasteiger partial charge in [0.2, 0.25) is 0 Å². The van der Waals surface area contributed by atoms with Gasteiger partial charge in [-0.25, -0.2) is 0 Å². The van der Waals surface area contributed by atoms with Crippen molar-refractivity contribution in [2.24, 2.45) is 5.92 Å². The van der Waals surface area contributed by atoms with E-state index >= 15 is 0 Å². The van der Waals surface area contributed by atoms with Crippen LogP contribution in [0.2, 0.25) is 5.02 Å². The van der Waals surface area contributed by atoms with E-state index in [1.165, 1.54) is 14.2 Å². The zero-order chi connectivity index (χ0) is 27.7. The van der Waals surface area contributed by atoms with Gasteiger partial charge in [-0.1, -0.05) is 61.8 Å². The molecule has 0 aliphatic rings. The van der Waals surface area contributed by atoms with Gasteiger partial charge in [-0.3, -0.25) is 9.59 Å². The van der Waals surface area contributed by atoms with E-state index in [0.717, 1.165) is 5.56 Å². The molecule has 1 unspecified atom stereocenters. The fourth-order valence-electron chi connectivity index (χ4n) is 4.21. The number of methoxy groups -OCH3 is 2. The van der Waals surface area contributed by atoms with E-state index in [1.807, 2.05) is 42.5 Å². The van der Waals surface area contributed by atoms with Gasteiger partial charge in [0.1, 0.15) is 12.4 Å². The maximum atomic E-state index is 13.7. The average Bonchev–Trinajstić information content (AvgIpc) is 2.90. The number of carboxylic acids is 1. The van der Waals surface area contributed by atoms with Crippen molar-refractivity contribution < 1.29 is 28.9 Å². The topological polar surface area (TPSA) is 94.1 Å². The maximum absolute atomic E-state index is 13.7. The number of nitrogens with one attached hydrogen (secondary N) is 1. The zero-order valence-electron chi connectivity index (χ0n) is 22.1. The van der Waals surface area contributed by atoms with Crippen LogP contribution in [-0.2, 0) is 17.8 Å². The van der Waals surface area contributed by atoms with Gasteiger partial charge in [0.05, 0.1) is 25.3 Å². The summed E-state index contributed by atoms with van der Waals surface area (Å²) in [5.41, 5.74) is 2.56. The summed E-state index contributed by atoms with van der Waals surface area (Å²) in [6.07, 6.45) is 0.767. The number of aryl methyl sites for hydroxylation is 1. The highest BCUT2D eigenvalue weighted by molar-refractivity contribution is 6.33. The molecule has 38 heavy (non-hydrogen) atoms. The van der Waals surface area contributed by atoms with Crippen LogP contribution in [0.1, 0.15) is 59.8 Å². The molecule has 0 saturated carbocycles. The first-order chi connectivity index (χ1) is 18.2. The number of aliphatic carboxylic acids is 1. The molecular formula is C30H34ClNO6. The lowest BCUT2D eigenvalue weighted by Gasteiger charge is -2.24. The van der Waals surface area contributed by atoms with E-state index in [-0.39, 0.29) is 31.3 Å². The Hall–Kier alpha value is -3.71. The highest BCUT2D eigenvalue weighted by Gasteiger charge is 2.24. The number of hydrogen-bond donors (Lipinski definition) is 2. The number of para-hydroxylation sites is 1. The lowest BCUT2D eigenvalue weighted by Crippen LogP contribution is -2.30. The third-order valence-corrected chi connectivity index (χ3v) is 6.47. The molecule has 0 spiro atoms. The number of halogens is 1. The van der Waals surface area contributed by atoms with E-state index in [2.05, 4.69) is 19.2 Å². The average molecular weight is 540 g/mol. The van der Waals surface area contributed by atoms with Crippen molar-refractivity contribution in [2.45, 2.75) is 45.8 Å². The van der Waals surface area contributed by atoms with Crippen LogP contribution < -0.4 is 19.5 Å². The molecule has 0 fully saturated rings. The molecule has 3 aromatic carbocycles. The Morgan fingerprint density at radius 3 is 2.37 bits per heavy atom. The van der Waals surface area contributed by atoms with Gasteiger partial charge in [-0.15, -0.1) is 0 Å². The molecule has 0 radical (unpaired) electrons. The van der Waals surface area contributed by atoms with E-state index in [0.29, 0.717) is 45.4 Å². The number of carbonyl (C=O) groups excluding carboxylic acids is 1. The first-order valence-electron chi connectivity index (χ1n) is 12.5. The van der Waals surface area contributed by atoms with Crippen LogP contribution >= 0.6 is 11.6 Å². The number of benzene rings is 3. The molecule has 3 rings (SSSR count). The van der Waals surface area contributed by atoms with Gasteiger partial charge in [0.15, 0.2) is 11.5 Å². The first-order valence-corrected chi connectivity index (χ1v) is 12.8. The van der Waals surface area contributed by atoms with Crippen LogP contribution in [0.15, 0.2) is 60.7 Å². The number of hydrogen-bond acceptors (Lipinski definition) is 5. The lowest BCUT2D eigenvalue weighted by molar-refractivity contribution is -0.136. The predicted octanol–water partition coefficient (Wildman–Crippen LogP) is 6.47. The van der Waals surface area contributed by atoms with Crippen LogP contribution in [0.4, 0.5) is 0 Å². The molecular weight excluding hydrogens is 506 g/mol. The summed E-state index contributed by atoms with van der Waals surface area (Å²) in [5, 5.41) is 12.7. The summed E-state index contributed by atoms with van der Waals surface area (Å²) in [4.78, 5) is 24.9. The number of carboxylic acid groups (broad SMARTS) is 1. The number of rotatable bonds is 13. The van der Waals surface area contributed by atoms with Crippen LogP contribution in [0.5, 0.6) is 17.2 Å². The third kappa shape index (κ3) is 7.65. The summed E-state index contributed by atoms with van der Waals surface area (Å²) in [7, 11) is 3.05. The molecule has 8 heteroatoms. The predicted molar refractivity (Wildman–Crippen MR) is 147 cm³/mol. The van der Waals surface area contributed by atoms with Crippen LogP contribution in [-0.4, -0.2) is 31.2 Å². The second-order valence-electron chi connectivity index (χ2n) is 9.35. The number of amides is 1. The number of ether oxygens (including phenoxy) is 3. The molecule has 1 atom stereocenters. The van der Waals surface area contributed by atoms with Crippen molar-refractivity contribution in [1.29, 1.82) is 0 Å². The van der Waals surface area contributed by atoms with E-state index < -0.39 is 12.0 Å². The Bertz CT molecular complexity index is 1240. The first kappa shape index (κ1) is 28.9. The quantitative estimate of drug-likeness (QED) is 0.258. The van der Waals surface area contributed by atoms with Gasteiger partial charge in [0, 0.05) is 12.0 Å². The van der Waals surface area contributed by atoms with Crippen molar-refractivity contribution in [2.75, 3.05) is 14.2 Å². The molecule has 1 amide bonds. The van der Waals surface area contributed by atoms with Crippen molar-refractivity contribution in [1.82, 2.24) is 5.32 Å². The lowest BCUT2D eigenvalue weighted by atomic mass is 9.94. The normalized spacial score (nSPS) is 11.6. The summed E-state index contributed by atoms with van der Waals surface area (Å²) in [5.74, 6) is 0.621. The van der Waals surface area contributed by atoms with Crippen molar-refractivity contribution in [3.63, 3.8) is 0 Å². The van der Waals surface area contributed by atoms with E-state index in [9.17, 15) is 14.7 Å². The van der Waals surface area contributed by atoms with Crippen LogP contribution in [0, 0.1) is 5.92 Å². The SMILES string of the molecule is COc1ccc(C(CC(C)C)NC(=O)c2cc(COc3ccccc3)ccc2CCC(=O)O)c(Cl)c1OC. The second kappa shape index (κ2) is 13.7. The highest BCUT2D eigenvalue weighted by atomic mass is 35.5. The molecule has 0 aromatic heterocycles. The van der Waals surface area contributed by atoms with E-state index in [4.69, 9.17) is 25.8 Å². The third-order valence-electron chi connectivity index (χ3n) is 6.08. The Labute approximate surface area is 228 Å². The summed E-state index contributed by atoms with van der Waals surface area (Å²) < 4.78 is 16.7. The molecule has 202 valence electrons. The molecule has 2 N–H and O–H groups in total. The molecule has 7 nitrogen and oxygen atoms in total. The summed E-state index contributed by atoms with van der Waals surface area (Å²) >= 11 is 6.70. The summed E-state index contributed by atoms with van der Waals surface area (Å²) in [6, 6.07) is 18.0. The standard InChI is InChI=1S/C30H34ClNO6/c1-19(2)16-25(23-13-14-26(36-3)29(37-4)28(23)31)32-30(35)24-17-20(10-11-21(24)12-15-27(33)34)18-38-22-8-6-5-7-9-22/h5-11,13-14,17,19,25H,12,15-16,18H2,1-4H3,(H,32,35)(H,33,34). The van der Waals surface area contributed by atoms with Gasteiger partial charge >= 0.3 is 5.97 Å². The van der Waals surface area contributed by atoms with Crippen molar-refractivity contribution in [3.05, 3.63) is 87.9 Å². The number of carbonyl (C=O) groups is 2. The van der Waals surface area contributed by atoms with E-state index in [1.54, 1.807) is 18.2 Å².